The van der Waals surface area contributed by atoms with Crippen LogP contribution in [0, 0.1) is 0 Å². The number of halogens is 2. The molecule has 1 aromatic heterocycles. The van der Waals surface area contributed by atoms with Gasteiger partial charge in [0.2, 0.25) is 0 Å². The largest absolute Gasteiger partial charge is 0.309 e. The fraction of sp³-hybridized carbons (Fsp3) is 0.800. The van der Waals surface area contributed by atoms with Crippen molar-refractivity contribution in [3.8, 4) is 0 Å². The molecule has 0 fully saturated rings. The van der Waals surface area contributed by atoms with Gasteiger partial charge in [-0.3, -0.25) is 5.01 Å². The summed E-state index contributed by atoms with van der Waals surface area (Å²) in [6, 6.07) is 0. The van der Waals surface area contributed by atoms with Gasteiger partial charge in [0.1, 0.15) is 0 Å². The maximum atomic E-state index is 5.56. The lowest BCUT2D eigenvalue weighted by Gasteiger charge is -2.13. The summed E-state index contributed by atoms with van der Waals surface area (Å²) in [7, 11) is 0. The van der Waals surface area contributed by atoms with Crippen molar-refractivity contribution in [3.05, 3.63) is 0 Å². The highest BCUT2D eigenvalue weighted by Crippen LogP contribution is 2.01. The third-order valence-electron chi connectivity index (χ3n) is 1.28. The fourth-order valence-corrected chi connectivity index (χ4v) is 1.09. The zero-order valence-corrected chi connectivity index (χ0v) is 8.78. The van der Waals surface area contributed by atoms with Crippen molar-refractivity contribution in [2.24, 2.45) is 10.3 Å². The van der Waals surface area contributed by atoms with E-state index in [4.69, 9.17) is 23.2 Å². The molecular weight excluding hydrogens is 229 g/mol. The van der Waals surface area contributed by atoms with E-state index in [9.17, 15) is 0 Å². The molecule has 14 heavy (non-hydrogen) atoms. The van der Waals surface area contributed by atoms with Crippen LogP contribution in [0.1, 0.15) is 0 Å². The number of H-pyrrole nitrogens is 1. The van der Waals surface area contributed by atoms with E-state index >= 15 is 0 Å². The van der Waals surface area contributed by atoms with Crippen LogP contribution in [-0.2, 0) is 0 Å². The number of hydrogen-bond acceptors (Lipinski definition) is 5. The third kappa shape index (κ3) is 3.84. The number of rotatable bonds is 6. The molecule has 1 heterocycles. The second-order valence-electron chi connectivity index (χ2n) is 2.23. The van der Waals surface area contributed by atoms with Crippen molar-refractivity contribution >= 4 is 29.2 Å². The monoisotopic (exact) mass is 237 g/mol. The minimum absolute atomic E-state index is 0.180. The first-order valence-corrected chi connectivity index (χ1v) is 4.95. The average Bonchev–Trinajstić information content (AvgIpc) is 2.67. The Morgan fingerprint density at radius 3 is 2.50 bits per heavy atom. The zero-order valence-electron chi connectivity index (χ0n) is 7.27. The van der Waals surface area contributed by atoms with Gasteiger partial charge in [0, 0.05) is 11.8 Å². The molecule has 0 aromatic carbocycles. The van der Waals surface area contributed by atoms with Crippen LogP contribution in [0.2, 0.25) is 0 Å². The minimum atomic E-state index is 0.180. The molecule has 0 atom stereocenters. The molecule has 0 saturated carbocycles. The third-order valence-corrected chi connectivity index (χ3v) is 1.62. The van der Waals surface area contributed by atoms with Crippen LogP contribution in [0.15, 0.2) is 10.3 Å². The number of aromatic amines is 1. The molecular formula is C5H9Cl2N7. The van der Waals surface area contributed by atoms with E-state index in [1.165, 1.54) is 0 Å². The Hall–Kier alpha value is -0.950. The van der Waals surface area contributed by atoms with E-state index in [1.807, 2.05) is 0 Å². The van der Waals surface area contributed by atoms with E-state index in [0.29, 0.717) is 24.8 Å². The molecule has 0 radical (unpaired) electrons. The molecule has 1 N–H and O–H groups in total. The fourth-order valence-electron chi connectivity index (χ4n) is 0.698. The maximum absolute atomic E-state index is 5.56. The van der Waals surface area contributed by atoms with Crippen molar-refractivity contribution in [3.63, 3.8) is 0 Å². The van der Waals surface area contributed by atoms with E-state index in [-0.39, 0.29) is 5.95 Å². The normalized spacial score (nSPS) is 11.0. The molecule has 1 rings (SSSR count). The van der Waals surface area contributed by atoms with Crippen molar-refractivity contribution < 1.29 is 0 Å². The topological polar surface area (TPSA) is 82.4 Å². The van der Waals surface area contributed by atoms with Gasteiger partial charge < -0.3 is 0 Å². The summed E-state index contributed by atoms with van der Waals surface area (Å²) in [6.45, 7) is 1.16. The lowest BCUT2D eigenvalue weighted by atomic mass is 10.6. The Morgan fingerprint density at radius 2 is 2.00 bits per heavy atom. The lowest BCUT2D eigenvalue weighted by Crippen LogP contribution is -2.21. The molecule has 0 spiro atoms. The number of nitrogens with zero attached hydrogens (tertiary/aromatic N) is 6. The first kappa shape index (κ1) is 11.1. The standard InChI is InChI=1S/C5H9Cl2N7/c6-1-3-14(4-2-7)13-10-5-8-11-12-9-5/h1-4H2,(H,8,9,11,12)/b13-10+. The quantitative estimate of drug-likeness (QED) is 0.455. The zero-order chi connectivity index (χ0) is 10.2. The predicted octanol–water partition coefficient (Wildman–Crippen LogP) is 0.978. The van der Waals surface area contributed by atoms with Gasteiger partial charge in [-0.2, -0.15) is 5.21 Å². The van der Waals surface area contributed by atoms with E-state index in [0.717, 1.165) is 0 Å². The molecule has 0 unspecified atom stereocenters. The number of aromatic nitrogens is 4. The molecule has 0 aliphatic carbocycles. The van der Waals surface area contributed by atoms with Gasteiger partial charge in [0.25, 0.3) is 0 Å². The van der Waals surface area contributed by atoms with Gasteiger partial charge in [-0.15, -0.1) is 28.3 Å². The van der Waals surface area contributed by atoms with E-state index < -0.39 is 0 Å². The average molecular weight is 238 g/mol. The summed E-state index contributed by atoms with van der Waals surface area (Å²) in [6.07, 6.45) is 0. The molecule has 0 amide bonds. The van der Waals surface area contributed by atoms with Crippen LogP contribution in [-0.4, -0.2) is 50.5 Å². The first-order chi connectivity index (χ1) is 6.86. The summed E-state index contributed by atoms with van der Waals surface area (Å²) in [4.78, 5) is 0. The molecule has 0 saturated heterocycles. The second-order valence-corrected chi connectivity index (χ2v) is 2.99. The summed E-state index contributed by atoms with van der Waals surface area (Å²) in [5, 5.41) is 22.0. The highest BCUT2D eigenvalue weighted by molar-refractivity contribution is 6.18. The van der Waals surface area contributed by atoms with Gasteiger partial charge >= 0.3 is 5.95 Å². The van der Waals surface area contributed by atoms with Crippen molar-refractivity contribution in [2.45, 2.75) is 0 Å². The number of hydrogen-bond donors (Lipinski definition) is 1. The van der Waals surface area contributed by atoms with E-state index in [2.05, 4.69) is 31.0 Å². The molecule has 0 aliphatic rings. The molecule has 9 heteroatoms. The Bertz CT molecular complexity index is 255. The van der Waals surface area contributed by atoms with Crippen LogP contribution in [0.5, 0.6) is 0 Å². The Kier molecular flexibility index (Phi) is 5.16. The van der Waals surface area contributed by atoms with Crippen LogP contribution in [0.25, 0.3) is 0 Å². The van der Waals surface area contributed by atoms with Crippen LogP contribution in [0.4, 0.5) is 5.95 Å². The molecule has 7 nitrogen and oxygen atoms in total. The Morgan fingerprint density at radius 1 is 1.29 bits per heavy atom. The minimum Gasteiger partial charge on any atom is -0.276 e. The molecule has 78 valence electrons. The summed E-state index contributed by atoms with van der Waals surface area (Å²) < 4.78 is 0. The predicted molar refractivity (Wildman–Crippen MR) is 51.7 cm³/mol. The molecule has 1 aromatic rings. The maximum Gasteiger partial charge on any atom is 0.309 e. The smallest absolute Gasteiger partial charge is 0.276 e. The Labute approximate surface area is 90.4 Å². The summed E-state index contributed by atoms with van der Waals surface area (Å²) in [5.74, 6) is 1.10. The molecule has 0 aliphatic heterocycles. The van der Waals surface area contributed by atoms with Gasteiger partial charge in [0.05, 0.1) is 13.1 Å². The summed E-state index contributed by atoms with van der Waals surface area (Å²) >= 11 is 11.1. The highest BCUT2D eigenvalue weighted by atomic mass is 35.5. The number of alkyl halides is 2. The van der Waals surface area contributed by atoms with Crippen LogP contribution < -0.4 is 0 Å². The van der Waals surface area contributed by atoms with Gasteiger partial charge in [-0.1, -0.05) is 15.4 Å². The number of nitrogens with one attached hydrogen (secondary N) is 1. The van der Waals surface area contributed by atoms with Crippen molar-refractivity contribution in [1.29, 1.82) is 0 Å². The molecule has 0 bridgehead atoms. The van der Waals surface area contributed by atoms with Crippen LogP contribution >= 0.6 is 23.2 Å². The SMILES string of the molecule is ClCCN(CCCl)/N=N/c1nn[nH]n1. The van der Waals surface area contributed by atoms with E-state index in [1.54, 1.807) is 5.01 Å². The Balaban J connectivity index is 2.45. The van der Waals surface area contributed by atoms with Crippen molar-refractivity contribution in [1.82, 2.24) is 25.6 Å². The highest BCUT2D eigenvalue weighted by Gasteiger charge is 2.00. The lowest BCUT2D eigenvalue weighted by molar-refractivity contribution is 0.303. The van der Waals surface area contributed by atoms with Gasteiger partial charge in [-0.25, -0.2) is 0 Å². The van der Waals surface area contributed by atoms with Crippen LogP contribution in [0.3, 0.4) is 0 Å². The van der Waals surface area contributed by atoms with Gasteiger partial charge in [0.15, 0.2) is 0 Å². The first-order valence-electron chi connectivity index (χ1n) is 3.89. The summed E-state index contributed by atoms with van der Waals surface area (Å²) in [5.41, 5.74) is 0. The number of tetrazole rings is 1. The van der Waals surface area contributed by atoms with Gasteiger partial charge in [-0.05, 0) is 5.21 Å². The second kappa shape index (κ2) is 6.50. The van der Waals surface area contributed by atoms with Crippen molar-refractivity contribution in [2.75, 3.05) is 24.8 Å².